The molecule has 1 heterocycles. The maximum Gasteiger partial charge on any atom is 0.123 e. The molecule has 17 heavy (non-hydrogen) atoms. The molecule has 0 bridgehead atoms. The molecule has 1 atom stereocenters. The number of hydrogen-bond acceptors (Lipinski definition) is 5. The van der Waals surface area contributed by atoms with E-state index in [-0.39, 0.29) is 5.54 Å². The van der Waals surface area contributed by atoms with Crippen LogP contribution < -0.4 is 22.9 Å². The number of aromatic nitrogens is 1. The second-order valence-electron chi connectivity index (χ2n) is 4.26. The molecule has 5 nitrogen and oxygen atoms in total. The first-order valence-corrected chi connectivity index (χ1v) is 5.30. The Morgan fingerprint density at radius 1 is 1.24 bits per heavy atom. The van der Waals surface area contributed by atoms with Crippen LogP contribution in [0.25, 0.3) is 0 Å². The summed E-state index contributed by atoms with van der Waals surface area (Å²) in [6.45, 7) is 1.98. The molecule has 1 aliphatic carbocycles. The third-order valence-electron chi connectivity index (χ3n) is 2.24. The molecule has 1 aromatic rings. The Bertz CT molecular complexity index is 396. The lowest BCUT2D eigenvalue weighted by Gasteiger charge is -2.21. The second-order valence-corrected chi connectivity index (χ2v) is 4.26. The first kappa shape index (κ1) is 13.1. The van der Waals surface area contributed by atoms with Crippen molar-refractivity contribution in [2.75, 3.05) is 11.5 Å². The standard InChI is InChI=1S/C7H12N2.C5H7N3/c1-7(9)4-2-6(8)3-5-7;6-4-1-2-5(7)8-3-4/h2-4H,5,8-9H2,1H3;1-3H,6H2,(H2,7,8). The molecular formula is C12H19N5. The maximum absolute atomic E-state index is 5.75. The van der Waals surface area contributed by atoms with Crippen molar-refractivity contribution in [2.24, 2.45) is 11.5 Å². The zero-order valence-electron chi connectivity index (χ0n) is 9.93. The van der Waals surface area contributed by atoms with Crippen molar-refractivity contribution in [3.05, 3.63) is 42.3 Å². The van der Waals surface area contributed by atoms with E-state index in [1.165, 1.54) is 6.20 Å². The molecule has 8 N–H and O–H groups in total. The van der Waals surface area contributed by atoms with Crippen LogP contribution in [0.2, 0.25) is 0 Å². The van der Waals surface area contributed by atoms with Crippen molar-refractivity contribution < 1.29 is 0 Å². The summed E-state index contributed by atoms with van der Waals surface area (Å²) in [7, 11) is 0. The van der Waals surface area contributed by atoms with E-state index >= 15 is 0 Å². The van der Waals surface area contributed by atoms with Gasteiger partial charge in [0.25, 0.3) is 0 Å². The Kier molecular flexibility index (Phi) is 4.12. The Morgan fingerprint density at radius 3 is 2.29 bits per heavy atom. The summed E-state index contributed by atoms with van der Waals surface area (Å²) in [4.78, 5) is 3.73. The molecule has 0 saturated carbocycles. The summed E-state index contributed by atoms with van der Waals surface area (Å²) in [5.41, 5.74) is 23.1. The van der Waals surface area contributed by atoms with Crippen LogP contribution in [0.4, 0.5) is 11.5 Å². The summed E-state index contributed by atoms with van der Waals surface area (Å²) in [5, 5.41) is 0. The fraction of sp³-hybridized carbons (Fsp3) is 0.250. The highest BCUT2D eigenvalue weighted by atomic mass is 14.8. The van der Waals surface area contributed by atoms with Gasteiger partial charge in [-0.25, -0.2) is 4.98 Å². The zero-order chi connectivity index (χ0) is 12.9. The molecular weight excluding hydrogens is 214 g/mol. The van der Waals surface area contributed by atoms with E-state index in [0.717, 1.165) is 12.1 Å². The van der Waals surface area contributed by atoms with Crippen LogP contribution in [0.15, 0.2) is 42.3 Å². The SMILES string of the molecule is CC1(N)C=CC(N)=CC1.Nc1ccc(N)nc1. The molecule has 0 radical (unpaired) electrons. The maximum atomic E-state index is 5.75. The quantitative estimate of drug-likeness (QED) is 0.527. The van der Waals surface area contributed by atoms with Crippen LogP contribution in [0.1, 0.15) is 13.3 Å². The summed E-state index contributed by atoms with van der Waals surface area (Å²) >= 11 is 0. The third-order valence-corrected chi connectivity index (χ3v) is 2.24. The summed E-state index contributed by atoms with van der Waals surface area (Å²) in [6.07, 6.45) is 8.09. The largest absolute Gasteiger partial charge is 0.399 e. The Hall–Kier alpha value is -2.01. The van der Waals surface area contributed by atoms with Crippen LogP contribution >= 0.6 is 0 Å². The smallest absolute Gasteiger partial charge is 0.123 e. The van der Waals surface area contributed by atoms with Crippen molar-refractivity contribution in [2.45, 2.75) is 18.9 Å². The number of anilines is 2. The number of nitrogens with zero attached hydrogens (tertiary/aromatic N) is 1. The lowest BCUT2D eigenvalue weighted by Crippen LogP contribution is -2.34. The van der Waals surface area contributed by atoms with E-state index in [4.69, 9.17) is 22.9 Å². The van der Waals surface area contributed by atoms with Crippen molar-refractivity contribution >= 4 is 11.5 Å². The van der Waals surface area contributed by atoms with Crippen molar-refractivity contribution in [1.82, 2.24) is 4.98 Å². The van der Waals surface area contributed by atoms with E-state index in [1.807, 2.05) is 25.2 Å². The van der Waals surface area contributed by atoms with Crippen LogP contribution in [0, 0.1) is 0 Å². The molecule has 0 aromatic carbocycles. The van der Waals surface area contributed by atoms with Gasteiger partial charge in [0.05, 0.1) is 11.9 Å². The van der Waals surface area contributed by atoms with Gasteiger partial charge < -0.3 is 22.9 Å². The first-order chi connectivity index (χ1) is 7.89. The number of nitrogen functional groups attached to an aromatic ring is 2. The van der Waals surface area contributed by atoms with Crippen molar-refractivity contribution in [3.8, 4) is 0 Å². The van der Waals surface area contributed by atoms with Gasteiger partial charge in [-0.3, -0.25) is 0 Å². The van der Waals surface area contributed by atoms with E-state index in [9.17, 15) is 0 Å². The zero-order valence-corrected chi connectivity index (χ0v) is 9.93. The highest BCUT2D eigenvalue weighted by molar-refractivity contribution is 5.40. The monoisotopic (exact) mass is 233 g/mol. The van der Waals surface area contributed by atoms with Crippen molar-refractivity contribution in [3.63, 3.8) is 0 Å². The summed E-state index contributed by atoms with van der Waals surface area (Å²) in [6, 6.07) is 3.37. The molecule has 0 amide bonds. The normalized spacial score (nSPS) is 22.4. The van der Waals surface area contributed by atoms with Gasteiger partial charge in [0.15, 0.2) is 0 Å². The van der Waals surface area contributed by atoms with E-state index in [1.54, 1.807) is 12.1 Å². The van der Waals surface area contributed by atoms with Gasteiger partial charge in [0.1, 0.15) is 5.82 Å². The van der Waals surface area contributed by atoms with E-state index in [0.29, 0.717) is 11.5 Å². The van der Waals surface area contributed by atoms with Gasteiger partial charge in [0.2, 0.25) is 0 Å². The molecule has 0 spiro atoms. The number of nitrogens with two attached hydrogens (primary N) is 4. The fourth-order valence-electron chi connectivity index (χ4n) is 1.18. The van der Waals surface area contributed by atoms with E-state index in [2.05, 4.69) is 4.98 Å². The summed E-state index contributed by atoms with van der Waals surface area (Å²) in [5.74, 6) is 0.499. The highest BCUT2D eigenvalue weighted by Gasteiger charge is 2.14. The van der Waals surface area contributed by atoms with Crippen LogP contribution in [-0.2, 0) is 0 Å². The van der Waals surface area contributed by atoms with Gasteiger partial charge in [-0.15, -0.1) is 0 Å². The topological polar surface area (TPSA) is 117 Å². The Labute approximate surface area is 101 Å². The van der Waals surface area contributed by atoms with Crippen LogP contribution in [-0.4, -0.2) is 10.5 Å². The molecule has 1 aromatic heterocycles. The second kappa shape index (κ2) is 5.36. The molecule has 1 unspecified atom stereocenters. The van der Waals surface area contributed by atoms with E-state index < -0.39 is 0 Å². The highest BCUT2D eigenvalue weighted by Crippen LogP contribution is 2.14. The van der Waals surface area contributed by atoms with Crippen LogP contribution in [0.3, 0.4) is 0 Å². The summed E-state index contributed by atoms with van der Waals surface area (Å²) < 4.78 is 0. The number of allylic oxidation sites excluding steroid dienone is 1. The van der Waals surface area contributed by atoms with Gasteiger partial charge >= 0.3 is 0 Å². The predicted octanol–water partition coefficient (Wildman–Crippen LogP) is 0.752. The van der Waals surface area contributed by atoms with Crippen LogP contribution in [0.5, 0.6) is 0 Å². The number of pyridine rings is 1. The molecule has 92 valence electrons. The lowest BCUT2D eigenvalue weighted by atomic mass is 9.94. The van der Waals surface area contributed by atoms with Gasteiger partial charge in [-0.2, -0.15) is 0 Å². The molecule has 2 rings (SSSR count). The minimum Gasteiger partial charge on any atom is -0.399 e. The molecule has 1 aliphatic rings. The average molecular weight is 233 g/mol. The Morgan fingerprint density at radius 2 is 1.94 bits per heavy atom. The third kappa shape index (κ3) is 5.03. The molecule has 0 aliphatic heterocycles. The Balaban J connectivity index is 0.000000171. The predicted molar refractivity (Wildman–Crippen MR) is 71.7 cm³/mol. The van der Waals surface area contributed by atoms with Crippen molar-refractivity contribution in [1.29, 1.82) is 0 Å². The molecule has 5 heteroatoms. The number of rotatable bonds is 0. The van der Waals surface area contributed by atoms with Gasteiger partial charge in [-0.05, 0) is 31.6 Å². The average Bonchev–Trinajstić information content (AvgIpc) is 2.28. The molecule has 0 saturated heterocycles. The minimum absolute atomic E-state index is 0.178. The molecule has 0 fully saturated rings. The first-order valence-electron chi connectivity index (χ1n) is 5.30. The van der Waals surface area contributed by atoms with Gasteiger partial charge in [-0.1, -0.05) is 12.2 Å². The minimum atomic E-state index is -0.178. The van der Waals surface area contributed by atoms with Gasteiger partial charge in [0, 0.05) is 11.2 Å². The number of hydrogen-bond donors (Lipinski definition) is 4. The fourth-order valence-corrected chi connectivity index (χ4v) is 1.18. The lowest BCUT2D eigenvalue weighted by molar-refractivity contribution is 0.586.